The summed E-state index contributed by atoms with van der Waals surface area (Å²) in [4.78, 5) is 33.2. The standard InChI is InChI=1S/C19H25N5O3S/c1-11-21-15(10-28-11)8-17(25)22-14-6-4-12(5-7-14)18(26)20-9-16-23-19(27-24-16)13-2-3-13/h10,12-14H,2-9H2,1H3,(H,20,26)(H,22,25). The van der Waals surface area contributed by atoms with E-state index in [0.29, 0.717) is 30.6 Å². The zero-order valence-electron chi connectivity index (χ0n) is 15.9. The van der Waals surface area contributed by atoms with Gasteiger partial charge < -0.3 is 15.2 Å². The van der Waals surface area contributed by atoms with Crippen molar-refractivity contribution in [1.29, 1.82) is 0 Å². The van der Waals surface area contributed by atoms with E-state index in [0.717, 1.165) is 49.2 Å². The Morgan fingerprint density at radius 2 is 1.96 bits per heavy atom. The quantitative estimate of drug-likeness (QED) is 0.734. The predicted molar refractivity (Wildman–Crippen MR) is 103 cm³/mol. The highest BCUT2D eigenvalue weighted by Gasteiger charge is 2.30. The van der Waals surface area contributed by atoms with E-state index in [-0.39, 0.29) is 23.8 Å². The monoisotopic (exact) mass is 403 g/mol. The molecule has 0 saturated heterocycles. The smallest absolute Gasteiger partial charge is 0.229 e. The molecule has 2 heterocycles. The third-order valence-electron chi connectivity index (χ3n) is 5.30. The van der Waals surface area contributed by atoms with Gasteiger partial charge in [-0.25, -0.2) is 4.98 Å². The van der Waals surface area contributed by atoms with Gasteiger partial charge in [0.1, 0.15) is 0 Å². The summed E-state index contributed by atoms with van der Waals surface area (Å²) in [7, 11) is 0. The zero-order valence-corrected chi connectivity index (χ0v) is 16.8. The maximum absolute atomic E-state index is 12.4. The SMILES string of the molecule is Cc1nc(CC(=O)NC2CCC(C(=O)NCc3noc(C4CC4)n3)CC2)cs1. The summed E-state index contributed by atoms with van der Waals surface area (Å²) in [5.41, 5.74) is 0.819. The van der Waals surface area contributed by atoms with E-state index in [2.05, 4.69) is 25.8 Å². The minimum absolute atomic E-state index is 0.00164. The predicted octanol–water partition coefficient (Wildman–Crippen LogP) is 2.25. The molecule has 2 aliphatic rings. The van der Waals surface area contributed by atoms with Crippen molar-refractivity contribution >= 4 is 23.2 Å². The van der Waals surface area contributed by atoms with Gasteiger partial charge in [0.25, 0.3) is 0 Å². The minimum Gasteiger partial charge on any atom is -0.353 e. The molecular weight excluding hydrogens is 378 g/mol. The molecule has 150 valence electrons. The van der Waals surface area contributed by atoms with Crippen LogP contribution in [0.3, 0.4) is 0 Å². The maximum Gasteiger partial charge on any atom is 0.229 e. The largest absolute Gasteiger partial charge is 0.353 e. The number of hydrogen-bond acceptors (Lipinski definition) is 7. The molecule has 0 bridgehead atoms. The van der Waals surface area contributed by atoms with Gasteiger partial charge in [0, 0.05) is 23.3 Å². The lowest BCUT2D eigenvalue weighted by atomic mass is 9.85. The van der Waals surface area contributed by atoms with Crippen molar-refractivity contribution < 1.29 is 14.1 Å². The average molecular weight is 404 g/mol. The summed E-state index contributed by atoms with van der Waals surface area (Å²) in [5.74, 6) is 1.65. The average Bonchev–Trinajstić information content (AvgIpc) is 3.29. The fraction of sp³-hybridized carbons (Fsp3) is 0.632. The van der Waals surface area contributed by atoms with E-state index >= 15 is 0 Å². The Morgan fingerprint density at radius 1 is 1.18 bits per heavy atom. The van der Waals surface area contributed by atoms with Crippen LogP contribution in [0.5, 0.6) is 0 Å². The van der Waals surface area contributed by atoms with E-state index in [1.807, 2.05) is 12.3 Å². The van der Waals surface area contributed by atoms with Crippen LogP contribution in [0.2, 0.25) is 0 Å². The minimum atomic E-state index is -0.0239. The first-order chi connectivity index (χ1) is 13.6. The van der Waals surface area contributed by atoms with Crippen LogP contribution >= 0.6 is 11.3 Å². The molecule has 2 saturated carbocycles. The Hall–Kier alpha value is -2.29. The van der Waals surface area contributed by atoms with Gasteiger partial charge in [-0.3, -0.25) is 9.59 Å². The second kappa shape index (κ2) is 8.38. The lowest BCUT2D eigenvalue weighted by molar-refractivity contribution is -0.126. The molecule has 2 amide bonds. The molecule has 0 radical (unpaired) electrons. The van der Waals surface area contributed by atoms with Gasteiger partial charge in [-0.05, 0) is 45.4 Å². The summed E-state index contributed by atoms with van der Waals surface area (Å²) in [6.07, 6.45) is 5.70. The molecule has 2 aromatic heterocycles. The van der Waals surface area contributed by atoms with Crippen LogP contribution in [-0.4, -0.2) is 33.0 Å². The number of amides is 2. The molecule has 4 rings (SSSR count). The number of thiazole rings is 1. The van der Waals surface area contributed by atoms with Crippen molar-refractivity contribution in [1.82, 2.24) is 25.8 Å². The second-order valence-electron chi connectivity index (χ2n) is 7.69. The molecule has 2 N–H and O–H groups in total. The van der Waals surface area contributed by atoms with Gasteiger partial charge in [0.05, 0.1) is 23.7 Å². The zero-order chi connectivity index (χ0) is 19.5. The molecule has 2 aliphatic carbocycles. The van der Waals surface area contributed by atoms with Crippen LogP contribution in [0, 0.1) is 12.8 Å². The van der Waals surface area contributed by atoms with Gasteiger partial charge in [-0.1, -0.05) is 5.16 Å². The number of nitrogens with one attached hydrogen (secondary N) is 2. The Bertz CT molecular complexity index is 836. The Balaban J connectivity index is 1.16. The molecule has 0 spiro atoms. The molecule has 2 aromatic rings. The molecule has 8 nitrogen and oxygen atoms in total. The maximum atomic E-state index is 12.4. The summed E-state index contributed by atoms with van der Waals surface area (Å²) in [6, 6.07) is 0.134. The Morgan fingerprint density at radius 3 is 2.64 bits per heavy atom. The number of aromatic nitrogens is 3. The van der Waals surface area contributed by atoms with Gasteiger partial charge in [-0.15, -0.1) is 11.3 Å². The van der Waals surface area contributed by atoms with Crippen LogP contribution in [-0.2, 0) is 22.6 Å². The van der Waals surface area contributed by atoms with E-state index in [4.69, 9.17) is 4.52 Å². The van der Waals surface area contributed by atoms with Gasteiger partial charge in [0.15, 0.2) is 5.82 Å². The number of aryl methyl sites for hydroxylation is 1. The third-order valence-corrected chi connectivity index (χ3v) is 6.12. The third kappa shape index (κ3) is 4.95. The molecule has 28 heavy (non-hydrogen) atoms. The van der Waals surface area contributed by atoms with Crippen molar-refractivity contribution in [2.24, 2.45) is 5.92 Å². The Labute approximate surface area is 167 Å². The van der Waals surface area contributed by atoms with E-state index in [1.54, 1.807) is 11.3 Å². The van der Waals surface area contributed by atoms with Crippen LogP contribution in [0.15, 0.2) is 9.90 Å². The molecule has 9 heteroatoms. The molecule has 2 fully saturated rings. The normalized spacial score (nSPS) is 22.0. The number of nitrogens with zero attached hydrogens (tertiary/aromatic N) is 3. The molecule has 0 atom stereocenters. The second-order valence-corrected chi connectivity index (χ2v) is 8.75. The summed E-state index contributed by atoms with van der Waals surface area (Å²) >= 11 is 1.55. The molecule has 0 unspecified atom stereocenters. The van der Waals surface area contributed by atoms with Crippen LogP contribution in [0.4, 0.5) is 0 Å². The first-order valence-electron chi connectivity index (χ1n) is 9.87. The van der Waals surface area contributed by atoms with Crippen molar-refractivity contribution in [2.45, 2.75) is 70.4 Å². The lowest BCUT2D eigenvalue weighted by Gasteiger charge is -2.28. The first kappa shape index (κ1) is 19.0. The summed E-state index contributed by atoms with van der Waals surface area (Å²) in [5, 5.41) is 12.8. The first-order valence-corrected chi connectivity index (χ1v) is 10.8. The van der Waals surface area contributed by atoms with E-state index in [1.165, 1.54) is 0 Å². The number of hydrogen-bond donors (Lipinski definition) is 2. The molecule has 0 aliphatic heterocycles. The number of rotatable bonds is 7. The Kier molecular flexibility index (Phi) is 5.70. The highest BCUT2D eigenvalue weighted by atomic mass is 32.1. The molecular formula is C19H25N5O3S. The molecule has 0 aromatic carbocycles. The van der Waals surface area contributed by atoms with Crippen LogP contribution < -0.4 is 10.6 Å². The van der Waals surface area contributed by atoms with Crippen molar-refractivity contribution in [3.8, 4) is 0 Å². The van der Waals surface area contributed by atoms with Crippen LogP contribution in [0.1, 0.15) is 66.9 Å². The van der Waals surface area contributed by atoms with Crippen LogP contribution in [0.25, 0.3) is 0 Å². The van der Waals surface area contributed by atoms with Crippen molar-refractivity contribution in [3.63, 3.8) is 0 Å². The number of carbonyl (C=O) groups is 2. The van der Waals surface area contributed by atoms with Crippen molar-refractivity contribution in [3.05, 3.63) is 27.8 Å². The fourth-order valence-electron chi connectivity index (χ4n) is 3.58. The summed E-state index contributed by atoms with van der Waals surface area (Å²) < 4.78 is 5.20. The lowest BCUT2D eigenvalue weighted by Crippen LogP contribution is -2.41. The highest BCUT2D eigenvalue weighted by molar-refractivity contribution is 7.09. The fourth-order valence-corrected chi connectivity index (χ4v) is 4.19. The highest BCUT2D eigenvalue weighted by Crippen LogP contribution is 2.38. The van der Waals surface area contributed by atoms with E-state index < -0.39 is 0 Å². The number of carbonyl (C=O) groups excluding carboxylic acids is 2. The van der Waals surface area contributed by atoms with Gasteiger partial charge in [-0.2, -0.15) is 4.98 Å². The topological polar surface area (TPSA) is 110 Å². The van der Waals surface area contributed by atoms with Gasteiger partial charge >= 0.3 is 0 Å². The van der Waals surface area contributed by atoms with Gasteiger partial charge in [0.2, 0.25) is 17.7 Å². The van der Waals surface area contributed by atoms with E-state index in [9.17, 15) is 9.59 Å². The van der Waals surface area contributed by atoms with Crippen molar-refractivity contribution in [2.75, 3.05) is 0 Å². The summed E-state index contributed by atoms with van der Waals surface area (Å²) in [6.45, 7) is 2.24.